The summed E-state index contributed by atoms with van der Waals surface area (Å²) in [6.07, 6.45) is -9.64. The molecule has 130 valence electrons. The van der Waals surface area contributed by atoms with E-state index in [2.05, 4.69) is 9.47 Å². The van der Waals surface area contributed by atoms with Crippen molar-refractivity contribution in [3.63, 3.8) is 0 Å². The summed E-state index contributed by atoms with van der Waals surface area (Å²) >= 11 is 0. The molecule has 0 aliphatic carbocycles. The summed E-state index contributed by atoms with van der Waals surface area (Å²) in [5, 5.41) is 0. The highest BCUT2D eigenvalue weighted by atomic mass is 19.4. The number of hydrogen-bond acceptors (Lipinski definition) is 5. The first-order valence-corrected chi connectivity index (χ1v) is 6.18. The van der Waals surface area contributed by atoms with Crippen LogP contribution in [0.15, 0.2) is 0 Å². The van der Waals surface area contributed by atoms with Crippen molar-refractivity contribution in [2.75, 3.05) is 32.8 Å². The van der Waals surface area contributed by atoms with Gasteiger partial charge in [0.2, 0.25) is 0 Å². The van der Waals surface area contributed by atoms with Crippen molar-refractivity contribution >= 4 is 11.9 Å². The summed E-state index contributed by atoms with van der Waals surface area (Å²) < 4.78 is 79.2. The number of nitrogens with zero attached hydrogens (tertiary/aromatic N) is 1. The van der Waals surface area contributed by atoms with Crippen LogP contribution >= 0.6 is 0 Å². The minimum absolute atomic E-state index is 0.126. The van der Waals surface area contributed by atoms with Gasteiger partial charge < -0.3 is 9.47 Å². The molecule has 0 bridgehead atoms. The molecule has 0 aliphatic rings. The highest BCUT2D eigenvalue weighted by Gasteiger charge is 2.41. The van der Waals surface area contributed by atoms with E-state index in [1.54, 1.807) is 6.92 Å². The zero-order valence-electron chi connectivity index (χ0n) is 11.6. The number of carbonyl (C=O) groups excluding carboxylic acids is 2. The third kappa shape index (κ3) is 8.70. The highest BCUT2D eigenvalue weighted by molar-refractivity contribution is 5.75. The minimum Gasteiger partial charge on any atom is -0.458 e. The average molecular weight is 339 g/mol. The molecule has 22 heavy (non-hydrogen) atoms. The molecule has 0 spiro atoms. The Morgan fingerprint density at radius 3 is 1.45 bits per heavy atom. The molecule has 11 heteroatoms. The van der Waals surface area contributed by atoms with Crippen molar-refractivity contribution in [1.82, 2.24) is 4.90 Å². The number of halogens is 6. The molecule has 0 aromatic carbocycles. The molecule has 0 saturated heterocycles. The number of rotatable bonds is 8. The Morgan fingerprint density at radius 2 is 1.18 bits per heavy atom. The van der Waals surface area contributed by atoms with Crippen LogP contribution in [0.25, 0.3) is 0 Å². The summed E-state index contributed by atoms with van der Waals surface area (Å²) in [6, 6.07) is 0. The lowest BCUT2D eigenvalue weighted by Gasteiger charge is -2.21. The van der Waals surface area contributed by atoms with Crippen LogP contribution in [-0.4, -0.2) is 62.0 Å². The quantitative estimate of drug-likeness (QED) is 0.499. The van der Waals surface area contributed by atoms with Crippen LogP contribution in [0, 0.1) is 0 Å². The summed E-state index contributed by atoms with van der Waals surface area (Å²) in [5.41, 5.74) is 0. The van der Waals surface area contributed by atoms with Gasteiger partial charge in [0.25, 0.3) is 0 Å². The van der Waals surface area contributed by atoms with Crippen molar-refractivity contribution in [3.8, 4) is 0 Å². The summed E-state index contributed by atoms with van der Waals surface area (Å²) in [4.78, 5) is 22.3. The van der Waals surface area contributed by atoms with Gasteiger partial charge in [0, 0.05) is 13.1 Å². The maximum absolute atomic E-state index is 11.9. The summed E-state index contributed by atoms with van der Waals surface area (Å²) in [7, 11) is 0. The molecule has 5 nitrogen and oxygen atoms in total. The number of hydrogen-bond donors (Lipinski definition) is 0. The lowest BCUT2D eigenvalue weighted by Crippen LogP contribution is -2.35. The van der Waals surface area contributed by atoms with E-state index in [1.165, 1.54) is 4.90 Å². The molecule has 0 radical (unpaired) electrons. The first-order valence-electron chi connectivity index (χ1n) is 6.18. The van der Waals surface area contributed by atoms with Gasteiger partial charge in [0.05, 0.1) is 0 Å². The Labute approximate surface area is 122 Å². The molecule has 0 heterocycles. The SMILES string of the molecule is CCCN(CCOC(=O)C(F)(F)F)CCOC(=O)C(F)(F)F. The molecule has 0 aromatic heterocycles. The second-order valence-corrected chi connectivity index (χ2v) is 4.11. The molecule has 0 rings (SSSR count). The van der Waals surface area contributed by atoms with Crippen LogP contribution in [-0.2, 0) is 19.1 Å². The van der Waals surface area contributed by atoms with Gasteiger partial charge in [0.1, 0.15) is 13.2 Å². The smallest absolute Gasteiger partial charge is 0.458 e. The predicted octanol–water partition coefficient (Wildman–Crippen LogP) is 1.91. The van der Waals surface area contributed by atoms with Crippen LogP contribution < -0.4 is 0 Å². The van der Waals surface area contributed by atoms with Crippen LogP contribution in [0.4, 0.5) is 26.3 Å². The molecule has 0 aromatic rings. The van der Waals surface area contributed by atoms with Crippen molar-refractivity contribution in [1.29, 1.82) is 0 Å². The largest absolute Gasteiger partial charge is 0.490 e. The monoisotopic (exact) mass is 339 g/mol. The molecule has 0 amide bonds. The third-order valence-corrected chi connectivity index (χ3v) is 2.28. The Morgan fingerprint density at radius 1 is 0.818 bits per heavy atom. The van der Waals surface area contributed by atoms with E-state index in [-0.39, 0.29) is 13.1 Å². The Hall–Kier alpha value is -1.52. The van der Waals surface area contributed by atoms with E-state index in [0.29, 0.717) is 13.0 Å². The van der Waals surface area contributed by atoms with Gasteiger partial charge in [-0.3, -0.25) is 4.90 Å². The number of alkyl halides is 6. The van der Waals surface area contributed by atoms with Crippen molar-refractivity contribution < 1.29 is 45.4 Å². The highest BCUT2D eigenvalue weighted by Crippen LogP contribution is 2.17. The molecule has 0 atom stereocenters. The van der Waals surface area contributed by atoms with Gasteiger partial charge in [-0.15, -0.1) is 0 Å². The van der Waals surface area contributed by atoms with Gasteiger partial charge in [-0.05, 0) is 13.0 Å². The minimum atomic E-state index is -5.10. The topological polar surface area (TPSA) is 55.8 Å². The van der Waals surface area contributed by atoms with Crippen molar-refractivity contribution in [2.45, 2.75) is 25.7 Å². The lowest BCUT2D eigenvalue weighted by atomic mass is 10.4. The maximum atomic E-state index is 11.9. The summed E-state index contributed by atoms with van der Waals surface area (Å²) in [5.74, 6) is -4.68. The Kier molecular flexibility index (Phi) is 8.20. The molecule has 0 fully saturated rings. The van der Waals surface area contributed by atoms with E-state index in [4.69, 9.17) is 0 Å². The fourth-order valence-electron chi connectivity index (χ4n) is 1.35. The van der Waals surface area contributed by atoms with Crippen LogP contribution in [0.5, 0.6) is 0 Å². The van der Waals surface area contributed by atoms with E-state index in [0.717, 1.165) is 0 Å². The Bertz CT molecular complexity index is 337. The van der Waals surface area contributed by atoms with E-state index in [9.17, 15) is 35.9 Å². The zero-order chi connectivity index (χ0) is 17.4. The molecular weight excluding hydrogens is 324 g/mol. The Balaban J connectivity index is 4.12. The maximum Gasteiger partial charge on any atom is 0.490 e. The van der Waals surface area contributed by atoms with Crippen molar-refractivity contribution in [2.24, 2.45) is 0 Å². The average Bonchev–Trinajstić information content (AvgIpc) is 2.36. The standard InChI is InChI=1S/C11H15F6NO4/c1-2-3-18(4-6-21-8(19)10(12,13)14)5-7-22-9(20)11(15,16)17/h2-7H2,1H3. The lowest BCUT2D eigenvalue weighted by molar-refractivity contribution is -0.201. The van der Waals surface area contributed by atoms with E-state index >= 15 is 0 Å². The van der Waals surface area contributed by atoms with Gasteiger partial charge >= 0.3 is 24.3 Å². The molecule has 0 saturated carbocycles. The third-order valence-electron chi connectivity index (χ3n) is 2.28. The normalized spacial score (nSPS) is 12.4. The van der Waals surface area contributed by atoms with Crippen LogP contribution in [0.2, 0.25) is 0 Å². The van der Waals surface area contributed by atoms with Crippen LogP contribution in [0.3, 0.4) is 0 Å². The summed E-state index contributed by atoms with van der Waals surface area (Å²) in [6.45, 7) is 0.652. The van der Waals surface area contributed by atoms with E-state index < -0.39 is 37.5 Å². The van der Waals surface area contributed by atoms with E-state index in [1.807, 2.05) is 0 Å². The van der Waals surface area contributed by atoms with Gasteiger partial charge in [-0.25, -0.2) is 9.59 Å². The van der Waals surface area contributed by atoms with Gasteiger partial charge in [0.15, 0.2) is 0 Å². The van der Waals surface area contributed by atoms with Crippen molar-refractivity contribution in [3.05, 3.63) is 0 Å². The number of ether oxygens (including phenoxy) is 2. The predicted molar refractivity (Wildman–Crippen MR) is 60.8 cm³/mol. The first-order chi connectivity index (χ1) is 9.98. The molecule has 0 aliphatic heterocycles. The molecule has 0 N–H and O–H groups in total. The number of carbonyl (C=O) groups is 2. The first kappa shape index (κ1) is 20.5. The second kappa shape index (κ2) is 8.81. The fourth-order valence-corrected chi connectivity index (χ4v) is 1.35. The molecular formula is C11H15F6NO4. The number of esters is 2. The zero-order valence-corrected chi connectivity index (χ0v) is 11.6. The second-order valence-electron chi connectivity index (χ2n) is 4.11. The molecule has 0 unspecified atom stereocenters. The fraction of sp³-hybridized carbons (Fsp3) is 0.818. The van der Waals surface area contributed by atoms with Gasteiger partial charge in [-0.1, -0.05) is 6.92 Å². The van der Waals surface area contributed by atoms with Crippen LogP contribution in [0.1, 0.15) is 13.3 Å². The van der Waals surface area contributed by atoms with Gasteiger partial charge in [-0.2, -0.15) is 26.3 Å².